The van der Waals surface area contributed by atoms with Crippen molar-refractivity contribution in [2.24, 2.45) is 11.1 Å². The summed E-state index contributed by atoms with van der Waals surface area (Å²) in [4.78, 5) is 14.2. The highest BCUT2D eigenvalue weighted by atomic mass is 16.1. The minimum absolute atomic E-state index is 0.191. The Labute approximate surface area is 110 Å². The number of nitrogens with one attached hydrogen (secondary N) is 1. The van der Waals surface area contributed by atoms with Gasteiger partial charge in [0.15, 0.2) is 0 Å². The molecular weight excluding hydrogens is 226 g/mol. The molecule has 1 aliphatic carbocycles. The molecule has 0 radical (unpaired) electrons. The number of rotatable bonds is 3. The van der Waals surface area contributed by atoms with Crippen molar-refractivity contribution in [2.45, 2.75) is 57.5 Å². The molecule has 2 unspecified atom stereocenters. The van der Waals surface area contributed by atoms with Crippen molar-refractivity contribution in [2.75, 3.05) is 20.1 Å². The first kappa shape index (κ1) is 13.8. The minimum atomic E-state index is -0.466. The predicted octanol–water partition coefficient (Wildman–Crippen LogP) is 1.10. The van der Waals surface area contributed by atoms with Gasteiger partial charge in [-0.2, -0.15) is 0 Å². The Kier molecular flexibility index (Phi) is 3.70. The lowest BCUT2D eigenvalue weighted by molar-refractivity contribution is -0.124. The predicted molar refractivity (Wildman–Crippen MR) is 73.2 cm³/mol. The van der Waals surface area contributed by atoms with Gasteiger partial charge in [-0.3, -0.25) is 9.69 Å². The van der Waals surface area contributed by atoms with Gasteiger partial charge in [-0.25, -0.2) is 0 Å². The molecule has 3 N–H and O–H groups in total. The lowest BCUT2D eigenvalue weighted by Crippen LogP contribution is -2.54. The van der Waals surface area contributed by atoms with Crippen molar-refractivity contribution in [3.8, 4) is 0 Å². The summed E-state index contributed by atoms with van der Waals surface area (Å²) in [5, 5.41) is 3.17. The summed E-state index contributed by atoms with van der Waals surface area (Å²) >= 11 is 0. The normalized spacial score (nSPS) is 36.7. The standard InChI is InChI=1S/C14H27N3O/c1-13(2)6-4-8-17(10-13)11-5-7-14(9-11,16-3)12(15)18/h11,16H,4-10H2,1-3H3,(H2,15,18). The van der Waals surface area contributed by atoms with Crippen molar-refractivity contribution in [3.05, 3.63) is 0 Å². The molecule has 18 heavy (non-hydrogen) atoms. The number of hydrogen-bond donors (Lipinski definition) is 2. The number of piperidine rings is 1. The smallest absolute Gasteiger partial charge is 0.237 e. The van der Waals surface area contributed by atoms with Crippen LogP contribution in [0.5, 0.6) is 0 Å². The van der Waals surface area contributed by atoms with E-state index < -0.39 is 5.54 Å². The highest BCUT2D eigenvalue weighted by molar-refractivity contribution is 5.85. The number of carbonyl (C=O) groups excluding carboxylic acids is 1. The lowest BCUT2D eigenvalue weighted by Gasteiger charge is -2.41. The first-order valence-corrected chi connectivity index (χ1v) is 7.11. The van der Waals surface area contributed by atoms with Crippen LogP contribution in [0.15, 0.2) is 0 Å². The highest BCUT2D eigenvalue weighted by Crippen LogP contribution is 2.37. The van der Waals surface area contributed by atoms with E-state index in [1.165, 1.54) is 19.4 Å². The van der Waals surface area contributed by atoms with Gasteiger partial charge in [0.25, 0.3) is 0 Å². The fraction of sp³-hybridized carbons (Fsp3) is 0.929. The van der Waals surface area contributed by atoms with Crippen LogP contribution in [0, 0.1) is 5.41 Å². The average molecular weight is 253 g/mol. The van der Waals surface area contributed by atoms with Gasteiger partial charge in [0.2, 0.25) is 5.91 Å². The van der Waals surface area contributed by atoms with E-state index in [2.05, 4.69) is 24.1 Å². The Hall–Kier alpha value is -0.610. The Morgan fingerprint density at radius 3 is 2.61 bits per heavy atom. The van der Waals surface area contributed by atoms with Crippen molar-refractivity contribution >= 4 is 5.91 Å². The summed E-state index contributed by atoms with van der Waals surface area (Å²) in [5.41, 5.74) is 5.51. The van der Waals surface area contributed by atoms with E-state index >= 15 is 0 Å². The van der Waals surface area contributed by atoms with Gasteiger partial charge in [-0.15, -0.1) is 0 Å². The zero-order chi connectivity index (χ0) is 13.4. The van der Waals surface area contributed by atoms with Crippen LogP contribution < -0.4 is 11.1 Å². The first-order chi connectivity index (χ1) is 8.38. The van der Waals surface area contributed by atoms with Gasteiger partial charge in [0, 0.05) is 12.6 Å². The molecule has 4 nitrogen and oxygen atoms in total. The maximum Gasteiger partial charge on any atom is 0.237 e. The largest absolute Gasteiger partial charge is 0.368 e. The number of nitrogens with two attached hydrogens (primary N) is 1. The summed E-state index contributed by atoms with van der Waals surface area (Å²) in [5.74, 6) is -0.191. The number of likely N-dealkylation sites (N-methyl/N-ethyl adjacent to an activating group) is 1. The fourth-order valence-electron chi connectivity index (χ4n) is 3.69. The summed E-state index contributed by atoms with van der Waals surface area (Å²) in [6, 6.07) is 0.518. The molecule has 1 amide bonds. The Morgan fingerprint density at radius 1 is 1.39 bits per heavy atom. The SMILES string of the molecule is CNC1(C(N)=O)CCC(N2CCCC(C)(C)C2)C1. The topological polar surface area (TPSA) is 58.4 Å². The molecule has 0 aromatic rings. The molecule has 0 spiro atoms. The van der Waals surface area contributed by atoms with E-state index in [0.717, 1.165) is 25.8 Å². The molecule has 0 aromatic carbocycles. The molecule has 1 aliphatic heterocycles. The maximum absolute atomic E-state index is 11.7. The van der Waals surface area contributed by atoms with Crippen LogP contribution in [-0.4, -0.2) is 42.5 Å². The molecule has 104 valence electrons. The van der Waals surface area contributed by atoms with Crippen LogP contribution in [0.1, 0.15) is 46.0 Å². The van der Waals surface area contributed by atoms with Gasteiger partial charge >= 0.3 is 0 Å². The van der Waals surface area contributed by atoms with Crippen LogP contribution in [-0.2, 0) is 4.79 Å². The fourth-order valence-corrected chi connectivity index (χ4v) is 3.69. The zero-order valence-electron chi connectivity index (χ0n) is 12.0. The van der Waals surface area contributed by atoms with Crippen LogP contribution in [0.25, 0.3) is 0 Å². The van der Waals surface area contributed by atoms with E-state index in [-0.39, 0.29) is 5.91 Å². The number of primary amides is 1. The number of hydrogen-bond acceptors (Lipinski definition) is 3. The van der Waals surface area contributed by atoms with Crippen LogP contribution in [0.4, 0.5) is 0 Å². The summed E-state index contributed by atoms with van der Waals surface area (Å²) in [6.45, 7) is 7.00. The molecule has 2 rings (SSSR count). The average Bonchev–Trinajstić information content (AvgIpc) is 2.73. The van der Waals surface area contributed by atoms with Gasteiger partial charge in [-0.1, -0.05) is 13.8 Å². The third-order valence-corrected chi connectivity index (χ3v) is 4.89. The van der Waals surface area contributed by atoms with Crippen LogP contribution in [0.3, 0.4) is 0 Å². The van der Waals surface area contributed by atoms with Crippen molar-refractivity contribution in [3.63, 3.8) is 0 Å². The van der Waals surface area contributed by atoms with E-state index in [1.54, 1.807) is 0 Å². The van der Waals surface area contributed by atoms with Gasteiger partial charge in [-0.05, 0) is 51.1 Å². The molecule has 1 saturated carbocycles. The Morgan fingerprint density at radius 2 is 2.11 bits per heavy atom. The summed E-state index contributed by atoms with van der Waals surface area (Å²) in [6.07, 6.45) is 5.41. The second kappa shape index (κ2) is 4.82. The van der Waals surface area contributed by atoms with E-state index in [1.807, 2.05) is 7.05 Å². The molecule has 2 fully saturated rings. The highest BCUT2D eigenvalue weighted by Gasteiger charge is 2.45. The number of carbonyl (C=O) groups is 1. The first-order valence-electron chi connectivity index (χ1n) is 7.11. The minimum Gasteiger partial charge on any atom is -0.368 e. The van der Waals surface area contributed by atoms with Crippen molar-refractivity contribution in [1.82, 2.24) is 10.2 Å². The van der Waals surface area contributed by atoms with E-state index in [9.17, 15) is 4.79 Å². The zero-order valence-corrected chi connectivity index (χ0v) is 12.0. The molecule has 4 heteroatoms. The Balaban J connectivity index is 2.02. The van der Waals surface area contributed by atoms with Gasteiger partial charge in [0.1, 0.15) is 0 Å². The third-order valence-electron chi connectivity index (χ3n) is 4.89. The molecule has 0 aromatic heterocycles. The number of nitrogens with zero attached hydrogens (tertiary/aromatic N) is 1. The Bertz CT molecular complexity index is 329. The van der Waals surface area contributed by atoms with E-state index in [4.69, 9.17) is 5.73 Å². The van der Waals surface area contributed by atoms with Crippen LogP contribution in [0.2, 0.25) is 0 Å². The van der Waals surface area contributed by atoms with Gasteiger partial charge < -0.3 is 11.1 Å². The molecule has 2 atom stereocenters. The molecule has 2 aliphatic rings. The second-order valence-corrected chi connectivity index (χ2v) is 6.83. The van der Waals surface area contributed by atoms with Crippen molar-refractivity contribution < 1.29 is 4.79 Å². The molecule has 0 bridgehead atoms. The molecule has 1 heterocycles. The summed E-state index contributed by atoms with van der Waals surface area (Å²) in [7, 11) is 1.85. The lowest BCUT2D eigenvalue weighted by atomic mass is 9.83. The third kappa shape index (κ3) is 2.54. The van der Waals surface area contributed by atoms with Gasteiger partial charge in [0.05, 0.1) is 5.54 Å². The van der Waals surface area contributed by atoms with Crippen molar-refractivity contribution in [1.29, 1.82) is 0 Å². The monoisotopic (exact) mass is 253 g/mol. The second-order valence-electron chi connectivity index (χ2n) is 6.83. The molecule has 1 saturated heterocycles. The van der Waals surface area contributed by atoms with E-state index in [0.29, 0.717) is 11.5 Å². The summed E-state index contributed by atoms with van der Waals surface area (Å²) < 4.78 is 0. The maximum atomic E-state index is 11.7. The van der Waals surface area contributed by atoms with Crippen LogP contribution >= 0.6 is 0 Å². The number of likely N-dealkylation sites (tertiary alicyclic amines) is 1. The quantitative estimate of drug-likeness (QED) is 0.792. The number of amides is 1. The molecular formula is C14H27N3O.